The number of rotatable bonds is 34. The minimum Gasteiger partial charge on any atom is -0.458 e. The highest BCUT2D eigenvalue weighted by atomic mass is 16.7. The summed E-state index contributed by atoms with van der Waals surface area (Å²) in [5, 5.41) is 20.3. The number of aromatic nitrogens is 2. The summed E-state index contributed by atoms with van der Waals surface area (Å²) in [4.78, 5) is 123. The number of carbonyl (C=O) groups is 8. The van der Waals surface area contributed by atoms with Gasteiger partial charge in [0.15, 0.2) is 28.7 Å². The summed E-state index contributed by atoms with van der Waals surface area (Å²) >= 11 is 0. The van der Waals surface area contributed by atoms with Crippen molar-refractivity contribution in [3.8, 4) is 22.9 Å². The van der Waals surface area contributed by atoms with Crippen LogP contribution in [-0.4, -0.2) is 158 Å². The molecule has 5 amide bonds. The number of hydrogen-bond donors (Lipinski definition) is 5. The molecule has 0 saturated carbocycles. The first-order chi connectivity index (χ1) is 38.4. The minimum absolute atomic E-state index is 0.00672. The lowest BCUT2D eigenvalue weighted by atomic mass is 9.86. The summed E-state index contributed by atoms with van der Waals surface area (Å²) in [6.45, 7) is 9.29. The van der Waals surface area contributed by atoms with Gasteiger partial charge in [-0.15, -0.1) is 0 Å². The number of likely N-dealkylation sites (tertiary alicyclic amines) is 1. The van der Waals surface area contributed by atoms with E-state index in [0.717, 1.165) is 10.5 Å². The van der Waals surface area contributed by atoms with E-state index in [-0.39, 0.29) is 163 Å². The van der Waals surface area contributed by atoms with Gasteiger partial charge in [0.2, 0.25) is 36.3 Å². The van der Waals surface area contributed by atoms with Crippen LogP contribution in [0.25, 0.3) is 22.3 Å². The number of ether oxygens (including phenoxy) is 7. The Bertz CT molecular complexity index is 2850. The number of ketones is 2. The molecular weight excluding hydrogens is 1040 g/mol. The molecule has 7 rings (SSSR count). The predicted octanol–water partition coefficient (Wildman–Crippen LogP) is 1.63. The maximum atomic E-state index is 14.0. The zero-order valence-electron chi connectivity index (χ0n) is 46.1. The number of nitrogens with one attached hydrogen (secondary N) is 3. The van der Waals surface area contributed by atoms with Crippen molar-refractivity contribution in [1.29, 1.82) is 0 Å². The van der Waals surface area contributed by atoms with Gasteiger partial charge in [-0.1, -0.05) is 34.1 Å². The molecule has 3 aromatic rings. The molecule has 1 saturated heterocycles. The number of cyclic esters (lactones) is 1. The van der Waals surface area contributed by atoms with E-state index in [1.54, 1.807) is 45.9 Å². The van der Waals surface area contributed by atoms with Gasteiger partial charge in [0.25, 0.3) is 5.56 Å². The summed E-state index contributed by atoms with van der Waals surface area (Å²) in [6.07, 6.45) is 1.73. The summed E-state index contributed by atoms with van der Waals surface area (Å²) in [6, 6.07) is 4.27. The Balaban J connectivity index is 0.818. The topological polar surface area (TPSA) is 322 Å². The van der Waals surface area contributed by atoms with Gasteiger partial charge >= 0.3 is 5.97 Å². The highest BCUT2D eigenvalue weighted by Gasteiger charge is 2.46. The molecule has 1 unspecified atom stereocenters. The van der Waals surface area contributed by atoms with Gasteiger partial charge in [-0.2, -0.15) is 0 Å². The molecule has 4 aliphatic heterocycles. The predicted molar refractivity (Wildman–Crippen MR) is 286 cm³/mol. The Labute approximate surface area is 463 Å². The van der Waals surface area contributed by atoms with Crippen molar-refractivity contribution in [3.05, 3.63) is 50.8 Å². The van der Waals surface area contributed by atoms with Crippen molar-refractivity contribution in [2.75, 3.05) is 85.8 Å². The SMILES string of the molecule is CC[C@@]1(O)C(=O)OCc2c1cc1n(c2=O)Cc2c-1nc1cc3c(cc1c2CCC(=O)CNC(=O)[C@H](CCCCN)CC(=O)[C@@H](NC(=O)CCOCCOCCOCCOCCNC(=O)CCN1C(=O)CC(C)C1=O)C(C)C)OCO3. The minimum atomic E-state index is -2.01. The third kappa shape index (κ3) is 15.0. The highest BCUT2D eigenvalue weighted by molar-refractivity contribution is 6.03. The van der Waals surface area contributed by atoms with E-state index in [1.165, 1.54) is 4.57 Å². The van der Waals surface area contributed by atoms with Gasteiger partial charge in [-0.05, 0) is 55.8 Å². The number of imide groups is 1. The summed E-state index contributed by atoms with van der Waals surface area (Å²) in [5.41, 5.74) is 6.49. The van der Waals surface area contributed by atoms with Crippen molar-refractivity contribution >= 4 is 58.0 Å². The zero-order valence-corrected chi connectivity index (χ0v) is 46.1. The van der Waals surface area contributed by atoms with E-state index in [9.17, 15) is 48.3 Å². The van der Waals surface area contributed by atoms with Gasteiger partial charge < -0.3 is 64.5 Å². The molecule has 0 spiro atoms. The Morgan fingerprint density at radius 2 is 1.54 bits per heavy atom. The van der Waals surface area contributed by atoms with E-state index < -0.39 is 40.9 Å². The smallest absolute Gasteiger partial charge is 0.343 e. The number of aliphatic hydroxyl groups is 1. The van der Waals surface area contributed by atoms with E-state index in [2.05, 4.69) is 16.0 Å². The molecule has 2 aromatic heterocycles. The molecule has 1 aromatic carbocycles. The average Bonchev–Trinajstić information content (AvgIpc) is 4.32. The molecule has 1 fully saturated rings. The lowest BCUT2D eigenvalue weighted by molar-refractivity contribution is -0.172. The van der Waals surface area contributed by atoms with Crippen LogP contribution in [0.5, 0.6) is 11.5 Å². The second-order valence-corrected chi connectivity index (χ2v) is 20.7. The quantitative estimate of drug-likeness (QED) is 0.0252. The van der Waals surface area contributed by atoms with Gasteiger partial charge in [0.05, 0.1) is 94.5 Å². The highest BCUT2D eigenvalue weighted by Crippen LogP contribution is 2.43. The first-order valence-corrected chi connectivity index (χ1v) is 27.6. The second-order valence-electron chi connectivity index (χ2n) is 20.7. The van der Waals surface area contributed by atoms with Crippen LogP contribution in [0.2, 0.25) is 0 Å². The lowest BCUT2D eigenvalue weighted by Gasteiger charge is -2.31. The Morgan fingerprint density at radius 1 is 0.850 bits per heavy atom. The van der Waals surface area contributed by atoms with Crippen LogP contribution in [0.4, 0.5) is 0 Å². The van der Waals surface area contributed by atoms with Crippen LogP contribution < -0.4 is 36.7 Å². The van der Waals surface area contributed by atoms with Crippen molar-refractivity contribution in [2.24, 2.45) is 23.5 Å². The molecule has 24 heteroatoms. The number of hydrogen-bond acceptors (Lipinski definition) is 19. The zero-order chi connectivity index (χ0) is 57.5. The fourth-order valence-corrected chi connectivity index (χ4v) is 10.2. The van der Waals surface area contributed by atoms with E-state index in [4.69, 9.17) is 43.9 Å². The van der Waals surface area contributed by atoms with Crippen LogP contribution in [0.1, 0.15) is 108 Å². The number of esters is 1. The molecule has 24 nitrogen and oxygen atoms in total. The molecule has 0 radical (unpaired) electrons. The van der Waals surface area contributed by atoms with Crippen LogP contribution in [-0.2, 0) is 87.2 Å². The Kier molecular flexibility index (Phi) is 21.8. The van der Waals surface area contributed by atoms with Gasteiger partial charge in [0, 0.05) is 79.6 Å². The summed E-state index contributed by atoms with van der Waals surface area (Å²) < 4.78 is 40.1. The molecule has 4 aliphatic rings. The summed E-state index contributed by atoms with van der Waals surface area (Å²) in [5.74, 6) is -3.53. The van der Waals surface area contributed by atoms with Crippen molar-refractivity contribution in [2.45, 2.75) is 117 Å². The van der Waals surface area contributed by atoms with Crippen LogP contribution in [0, 0.1) is 17.8 Å². The third-order valence-electron chi connectivity index (χ3n) is 14.8. The second kappa shape index (κ2) is 28.6. The lowest BCUT2D eigenvalue weighted by Crippen LogP contribution is -2.46. The fraction of sp³-hybridized carbons (Fsp3) is 0.607. The van der Waals surface area contributed by atoms with Crippen molar-refractivity contribution < 1.29 is 76.6 Å². The molecule has 0 bridgehead atoms. The standard InChI is InChI=1S/C56H75N7O17/c1-5-56(73)41-27-43-51-39(30-63(43)54(71)40(41)31-78-55(56)72)37(38-26-45-46(80-32-79-45)28-42(38)60-51)10-9-36(64)29-59-52(69)35(8-6-7-13-57)25-44(65)50(33(2)3)61-48(67)12-16-74-18-20-76-22-23-77-21-19-75-17-14-58-47(66)11-15-62-49(68)24-34(4)53(62)70/h26-28,33-35,50,73H,5-25,29-32,57H2,1-4H3,(H,58,66)(H,59,69)(H,61,67)/t34?,35-,50+,56+/m1/s1. The van der Waals surface area contributed by atoms with Crippen LogP contribution in [0.3, 0.4) is 0 Å². The number of benzene rings is 1. The van der Waals surface area contributed by atoms with E-state index in [1.807, 2.05) is 0 Å². The molecule has 0 aliphatic carbocycles. The van der Waals surface area contributed by atoms with Gasteiger partial charge in [-0.3, -0.25) is 43.3 Å². The molecular formula is C56H75N7O17. The molecule has 4 atom stereocenters. The molecule has 6 heterocycles. The number of Topliss-reactive ketones (excluding diaryl/α,β-unsaturated/α-hetero) is 2. The van der Waals surface area contributed by atoms with Gasteiger partial charge in [-0.25, -0.2) is 9.78 Å². The normalized spacial score (nSPS) is 17.8. The number of carbonyl (C=O) groups excluding carboxylic acids is 8. The van der Waals surface area contributed by atoms with Crippen molar-refractivity contribution in [1.82, 2.24) is 30.4 Å². The summed E-state index contributed by atoms with van der Waals surface area (Å²) in [7, 11) is 0. The largest absolute Gasteiger partial charge is 0.458 e. The maximum absolute atomic E-state index is 14.0. The average molecular weight is 1120 g/mol. The molecule has 6 N–H and O–H groups in total. The number of amides is 5. The Hall–Kier alpha value is -6.70. The van der Waals surface area contributed by atoms with Crippen LogP contribution >= 0.6 is 0 Å². The monoisotopic (exact) mass is 1120 g/mol. The van der Waals surface area contributed by atoms with E-state index >= 15 is 0 Å². The number of nitrogens with two attached hydrogens (primary N) is 1. The first kappa shape index (κ1) is 60.9. The van der Waals surface area contributed by atoms with Gasteiger partial charge in [0.1, 0.15) is 6.61 Å². The fourth-order valence-electron chi connectivity index (χ4n) is 10.2. The first-order valence-electron chi connectivity index (χ1n) is 27.6. The number of aryl methyl sites for hydroxylation is 1. The maximum Gasteiger partial charge on any atom is 0.343 e. The number of pyridine rings is 2. The van der Waals surface area contributed by atoms with E-state index in [0.29, 0.717) is 91.6 Å². The van der Waals surface area contributed by atoms with Crippen LogP contribution in [0.15, 0.2) is 23.0 Å². The molecule has 436 valence electrons. The van der Waals surface area contributed by atoms with Crippen molar-refractivity contribution in [3.63, 3.8) is 0 Å². The third-order valence-corrected chi connectivity index (χ3v) is 14.8. The number of fused-ring (bicyclic) bond motifs is 6. The Morgan fingerprint density at radius 3 is 2.20 bits per heavy atom. The molecule has 80 heavy (non-hydrogen) atoms. The number of unbranched alkanes of at least 4 members (excludes halogenated alkanes) is 1. The number of nitrogens with zero attached hydrogens (tertiary/aromatic N) is 3.